The van der Waals surface area contributed by atoms with E-state index in [0.717, 1.165) is 18.7 Å². The third-order valence-corrected chi connectivity index (χ3v) is 3.30. The fourth-order valence-electron chi connectivity index (χ4n) is 2.01. The lowest BCUT2D eigenvalue weighted by Gasteiger charge is -2.20. The number of hydrogen-bond acceptors (Lipinski definition) is 4. The number of aromatic nitrogens is 2. The van der Waals surface area contributed by atoms with Crippen LogP contribution in [0.1, 0.15) is 43.2 Å². The summed E-state index contributed by atoms with van der Waals surface area (Å²) in [7, 11) is 3.92. The smallest absolute Gasteiger partial charge is 0.341 e. The highest BCUT2D eigenvalue weighted by Crippen LogP contribution is 2.13. The van der Waals surface area contributed by atoms with Crippen molar-refractivity contribution >= 4 is 5.97 Å². The van der Waals surface area contributed by atoms with Gasteiger partial charge < -0.3 is 9.64 Å². The van der Waals surface area contributed by atoms with Crippen molar-refractivity contribution in [2.75, 3.05) is 20.2 Å². The zero-order chi connectivity index (χ0) is 14.4. The zero-order valence-corrected chi connectivity index (χ0v) is 12.6. The van der Waals surface area contributed by atoms with Gasteiger partial charge in [0.2, 0.25) is 0 Å². The zero-order valence-electron chi connectivity index (χ0n) is 12.6. The first-order chi connectivity index (χ1) is 8.99. The summed E-state index contributed by atoms with van der Waals surface area (Å²) < 4.78 is 6.80. The summed E-state index contributed by atoms with van der Waals surface area (Å²) in [6.07, 6.45) is 2.74. The maximum atomic E-state index is 11.8. The molecule has 5 heteroatoms. The van der Waals surface area contributed by atoms with E-state index in [9.17, 15) is 4.79 Å². The van der Waals surface area contributed by atoms with Crippen LogP contribution in [-0.4, -0.2) is 40.8 Å². The third kappa shape index (κ3) is 4.35. The summed E-state index contributed by atoms with van der Waals surface area (Å²) in [4.78, 5) is 14.1. The number of nitrogens with zero attached hydrogens (tertiary/aromatic N) is 3. The van der Waals surface area contributed by atoms with Gasteiger partial charge in [-0.3, -0.25) is 4.68 Å². The van der Waals surface area contributed by atoms with Gasteiger partial charge in [0.25, 0.3) is 0 Å². The lowest BCUT2D eigenvalue weighted by atomic mass is 10.1. The standard InChI is InChI=1S/C14H25N3O2/c1-6-11(3)9-16(4)10-13-12(8-15-17(13)5)14(18)19-7-2/h8,11H,6-7,9-10H2,1-5H3. The first-order valence-corrected chi connectivity index (χ1v) is 6.86. The predicted molar refractivity (Wildman–Crippen MR) is 75.0 cm³/mol. The molecule has 0 saturated carbocycles. The molecule has 0 aliphatic heterocycles. The molecule has 19 heavy (non-hydrogen) atoms. The highest BCUT2D eigenvalue weighted by Gasteiger charge is 2.18. The van der Waals surface area contributed by atoms with Gasteiger partial charge in [-0.1, -0.05) is 20.3 Å². The van der Waals surface area contributed by atoms with Crippen LogP contribution in [0.15, 0.2) is 6.20 Å². The molecule has 0 fully saturated rings. The number of esters is 1. The number of ether oxygens (including phenoxy) is 1. The third-order valence-electron chi connectivity index (χ3n) is 3.30. The summed E-state index contributed by atoms with van der Waals surface area (Å²) in [5.41, 5.74) is 1.48. The van der Waals surface area contributed by atoms with Gasteiger partial charge >= 0.3 is 5.97 Å². The van der Waals surface area contributed by atoms with Crippen molar-refractivity contribution in [3.05, 3.63) is 17.5 Å². The molecule has 0 spiro atoms. The molecule has 0 saturated heterocycles. The molecule has 1 aromatic rings. The van der Waals surface area contributed by atoms with Crippen molar-refractivity contribution in [3.63, 3.8) is 0 Å². The Morgan fingerprint density at radius 3 is 2.79 bits per heavy atom. The molecule has 0 N–H and O–H groups in total. The molecule has 0 aliphatic carbocycles. The second-order valence-corrected chi connectivity index (χ2v) is 5.06. The topological polar surface area (TPSA) is 47.4 Å². The Morgan fingerprint density at radius 1 is 1.53 bits per heavy atom. The van der Waals surface area contributed by atoms with Gasteiger partial charge in [0.15, 0.2) is 0 Å². The van der Waals surface area contributed by atoms with Crippen molar-refractivity contribution in [1.29, 1.82) is 0 Å². The molecule has 0 amide bonds. The lowest BCUT2D eigenvalue weighted by Crippen LogP contribution is -2.26. The van der Waals surface area contributed by atoms with Gasteiger partial charge in [-0.05, 0) is 19.9 Å². The van der Waals surface area contributed by atoms with Gasteiger partial charge in [0.1, 0.15) is 5.56 Å². The SMILES string of the molecule is CCOC(=O)c1cnn(C)c1CN(C)CC(C)CC. The Hall–Kier alpha value is -1.36. The Morgan fingerprint density at radius 2 is 2.21 bits per heavy atom. The first-order valence-electron chi connectivity index (χ1n) is 6.86. The maximum Gasteiger partial charge on any atom is 0.341 e. The Labute approximate surface area is 115 Å². The normalized spacial score (nSPS) is 12.7. The average molecular weight is 267 g/mol. The van der Waals surface area contributed by atoms with Crippen molar-refractivity contribution < 1.29 is 9.53 Å². The summed E-state index contributed by atoms with van der Waals surface area (Å²) in [6, 6.07) is 0. The second kappa shape index (κ2) is 7.28. The van der Waals surface area contributed by atoms with Crippen LogP contribution in [0.25, 0.3) is 0 Å². The number of aryl methyl sites for hydroxylation is 1. The van der Waals surface area contributed by atoms with Crippen LogP contribution in [0.5, 0.6) is 0 Å². The second-order valence-electron chi connectivity index (χ2n) is 5.06. The average Bonchev–Trinajstić information content (AvgIpc) is 2.71. The van der Waals surface area contributed by atoms with Crippen molar-refractivity contribution in [2.24, 2.45) is 13.0 Å². The van der Waals surface area contributed by atoms with Crippen molar-refractivity contribution in [1.82, 2.24) is 14.7 Å². The highest BCUT2D eigenvalue weighted by molar-refractivity contribution is 5.90. The van der Waals surface area contributed by atoms with Crippen LogP contribution in [0.3, 0.4) is 0 Å². The molecule has 0 aromatic carbocycles. The molecule has 1 unspecified atom stereocenters. The Bertz CT molecular complexity index is 415. The number of rotatable bonds is 7. The fraction of sp³-hybridized carbons (Fsp3) is 0.714. The van der Waals surface area contributed by atoms with Gasteiger partial charge in [-0.15, -0.1) is 0 Å². The van der Waals surface area contributed by atoms with Crippen molar-refractivity contribution in [3.8, 4) is 0 Å². The highest BCUT2D eigenvalue weighted by atomic mass is 16.5. The number of carbonyl (C=O) groups excluding carboxylic acids is 1. The van der Waals surface area contributed by atoms with E-state index in [0.29, 0.717) is 24.6 Å². The minimum atomic E-state index is -0.289. The van der Waals surface area contributed by atoms with Crippen LogP contribution in [0.2, 0.25) is 0 Å². The van der Waals surface area contributed by atoms with E-state index in [-0.39, 0.29) is 5.97 Å². The molecular weight excluding hydrogens is 242 g/mol. The fourth-order valence-corrected chi connectivity index (χ4v) is 2.01. The van der Waals surface area contributed by atoms with E-state index in [1.165, 1.54) is 0 Å². The molecule has 5 nitrogen and oxygen atoms in total. The van der Waals surface area contributed by atoms with Crippen LogP contribution >= 0.6 is 0 Å². The Balaban J connectivity index is 2.77. The van der Waals surface area contributed by atoms with Crippen LogP contribution < -0.4 is 0 Å². The van der Waals surface area contributed by atoms with Crippen molar-refractivity contribution in [2.45, 2.75) is 33.7 Å². The molecule has 1 rings (SSSR count). The summed E-state index contributed by atoms with van der Waals surface area (Å²) in [5, 5.41) is 4.16. The molecule has 1 heterocycles. The van der Waals surface area contributed by atoms with E-state index in [1.807, 2.05) is 14.0 Å². The summed E-state index contributed by atoms with van der Waals surface area (Å²) >= 11 is 0. The minimum Gasteiger partial charge on any atom is -0.462 e. The summed E-state index contributed by atoms with van der Waals surface area (Å²) in [6.45, 7) is 8.32. The van der Waals surface area contributed by atoms with Crippen LogP contribution in [0, 0.1) is 5.92 Å². The number of hydrogen-bond donors (Lipinski definition) is 0. The summed E-state index contributed by atoms with van der Waals surface area (Å²) in [5.74, 6) is 0.354. The first kappa shape index (κ1) is 15.7. The van der Waals surface area contributed by atoms with Gasteiger partial charge in [-0.2, -0.15) is 5.10 Å². The van der Waals surface area contributed by atoms with Crippen LogP contribution in [-0.2, 0) is 18.3 Å². The predicted octanol–water partition coefficient (Wildman–Crippen LogP) is 2.07. The van der Waals surface area contributed by atoms with E-state index < -0.39 is 0 Å². The molecule has 108 valence electrons. The molecule has 0 radical (unpaired) electrons. The number of carbonyl (C=O) groups is 1. The molecule has 1 atom stereocenters. The monoisotopic (exact) mass is 267 g/mol. The van der Waals surface area contributed by atoms with Gasteiger partial charge in [0, 0.05) is 20.1 Å². The van der Waals surface area contributed by atoms with Gasteiger partial charge in [-0.25, -0.2) is 4.79 Å². The lowest BCUT2D eigenvalue weighted by molar-refractivity contribution is 0.0523. The van der Waals surface area contributed by atoms with E-state index >= 15 is 0 Å². The molecule has 0 aliphatic rings. The Kier molecular flexibility index (Phi) is 6.02. The minimum absolute atomic E-state index is 0.289. The van der Waals surface area contributed by atoms with E-state index in [1.54, 1.807) is 10.9 Å². The van der Waals surface area contributed by atoms with E-state index in [4.69, 9.17) is 4.74 Å². The maximum absolute atomic E-state index is 11.8. The van der Waals surface area contributed by atoms with Gasteiger partial charge in [0.05, 0.1) is 18.5 Å². The van der Waals surface area contributed by atoms with Crippen LogP contribution in [0.4, 0.5) is 0 Å². The molecule has 0 bridgehead atoms. The van der Waals surface area contributed by atoms with E-state index in [2.05, 4.69) is 30.9 Å². The molecule has 1 aromatic heterocycles. The quantitative estimate of drug-likeness (QED) is 0.710. The largest absolute Gasteiger partial charge is 0.462 e. The molecular formula is C14H25N3O2.